The number of rotatable bonds is 5. The Morgan fingerprint density at radius 3 is 1.65 bits per heavy atom. The highest BCUT2D eigenvalue weighted by molar-refractivity contribution is 8.00. The second kappa shape index (κ2) is 11.5. The molecule has 0 radical (unpaired) electrons. The molecule has 1 aromatic heterocycles. The van der Waals surface area contributed by atoms with Crippen molar-refractivity contribution in [2.24, 2.45) is 0 Å². The van der Waals surface area contributed by atoms with Crippen molar-refractivity contribution in [3.05, 3.63) is 118 Å². The van der Waals surface area contributed by atoms with Crippen molar-refractivity contribution < 1.29 is 0 Å². The number of fused-ring (bicyclic) bond motifs is 5. The number of nitrogens with zero attached hydrogens (tertiary/aromatic N) is 1. The maximum absolute atomic E-state index is 2.54. The van der Waals surface area contributed by atoms with Crippen molar-refractivity contribution in [1.29, 1.82) is 0 Å². The largest absolute Gasteiger partial charge is 0.309 e. The van der Waals surface area contributed by atoms with E-state index in [9.17, 15) is 0 Å². The van der Waals surface area contributed by atoms with Crippen LogP contribution in [0.4, 0.5) is 0 Å². The van der Waals surface area contributed by atoms with Gasteiger partial charge in [-0.15, -0.1) is 0 Å². The van der Waals surface area contributed by atoms with Gasteiger partial charge in [0.15, 0.2) is 0 Å². The van der Waals surface area contributed by atoms with Crippen molar-refractivity contribution in [2.45, 2.75) is 96.8 Å². The molecule has 0 saturated carbocycles. The predicted octanol–water partition coefficient (Wildman–Crippen LogP) is 10.4. The Hall–Kier alpha value is -3.69. The summed E-state index contributed by atoms with van der Waals surface area (Å²) in [5.74, 6) is 1.37. The third-order valence-electron chi connectivity index (χ3n) is 10.1. The first-order valence-corrected chi connectivity index (χ1v) is 17.9. The van der Waals surface area contributed by atoms with E-state index >= 15 is 0 Å². The third-order valence-corrected chi connectivity index (χ3v) is 11.3. The Morgan fingerprint density at radius 2 is 1.11 bits per heavy atom. The molecule has 1 nitrogen and oxygen atoms in total. The minimum atomic E-state index is 0.199. The summed E-state index contributed by atoms with van der Waals surface area (Å²) in [5.41, 5.74) is 18.0. The van der Waals surface area contributed by atoms with Gasteiger partial charge >= 0.3 is 0 Å². The van der Waals surface area contributed by atoms with E-state index < -0.39 is 0 Å². The molecule has 0 aliphatic carbocycles. The van der Waals surface area contributed by atoms with Crippen LogP contribution in [0.15, 0.2) is 88.7 Å². The van der Waals surface area contributed by atoms with Gasteiger partial charge in [0.05, 0.1) is 11.0 Å². The number of benzene rings is 5. The summed E-state index contributed by atoms with van der Waals surface area (Å²) in [4.78, 5) is 2.73. The lowest BCUT2D eigenvalue weighted by atomic mass is 9.34. The summed E-state index contributed by atoms with van der Waals surface area (Å²) in [6.07, 6.45) is 0. The standard InChI is InChI=1S/C43H46BNS/c1-24(2)31-21-33(25(3)4)41(34(22-31)26(5)6)44-37-13-11-12-14-39(37)46-40-23-32(15-16-38(40)44)45-42-29(9)17-27(7)19-35(42)36-20-28(8)18-30(10)43(36)45/h11-26H,1-10H3. The van der Waals surface area contributed by atoms with Crippen LogP contribution in [0.5, 0.6) is 0 Å². The fraction of sp³-hybridized carbons (Fsp3) is 0.302. The maximum Gasteiger partial charge on any atom is 0.244 e. The van der Waals surface area contributed by atoms with Gasteiger partial charge in [-0.05, 0) is 104 Å². The highest BCUT2D eigenvalue weighted by Crippen LogP contribution is 2.39. The molecule has 6 aromatic rings. The molecule has 0 unspecified atom stereocenters. The average molecular weight is 620 g/mol. The van der Waals surface area contributed by atoms with Crippen molar-refractivity contribution >= 4 is 56.7 Å². The van der Waals surface area contributed by atoms with E-state index in [0.29, 0.717) is 17.8 Å². The zero-order valence-electron chi connectivity index (χ0n) is 29.2. The molecule has 5 aromatic carbocycles. The van der Waals surface area contributed by atoms with Gasteiger partial charge in [-0.25, -0.2) is 0 Å². The van der Waals surface area contributed by atoms with Gasteiger partial charge in [0.25, 0.3) is 0 Å². The Balaban J connectivity index is 1.52. The van der Waals surface area contributed by atoms with Crippen LogP contribution < -0.4 is 16.4 Å². The first-order chi connectivity index (χ1) is 21.9. The van der Waals surface area contributed by atoms with Gasteiger partial charge in [0, 0.05) is 26.3 Å². The first-order valence-electron chi connectivity index (χ1n) is 17.1. The monoisotopic (exact) mass is 619 g/mol. The fourth-order valence-corrected chi connectivity index (χ4v) is 9.21. The van der Waals surface area contributed by atoms with Gasteiger partial charge in [-0.3, -0.25) is 0 Å². The molecule has 0 saturated heterocycles. The first kappa shape index (κ1) is 30.9. The van der Waals surface area contributed by atoms with Gasteiger partial charge in [-0.2, -0.15) is 0 Å². The molecule has 1 aliphatic rings. The van der Waals surface area contributed by atoms with Crippen LogP contribution in [0.3, 0.4) is 0 Å². The summed E-state index contributed by atoms with van der Waals surface area (Å²) in [6, 6.07) is 30.9. The number of aryl methyl sites for hydroxylation is 4. The lowest BCUT2D eigenvalue weighted by Gasteiger charge is -2.32. The highest BCUT2D eigenvalue weighted by atomic mass is 32.2. The van der Waals surface area contributed by atoms with Crippen LogP contribution in [-0.4, -0.2) is 11.3 Å². The lowest BCUT2D eigenvalue weighted by molar-refractivity contribution is 0.812. The summed E-state index contributed by atoms with van der Waals surface area (Å²) < 4.78 is 2.54. The van der Waals surface area contributed by atoms with E-state index in [1.165, 1.54) is 92.6 Å². The van der Waals surface area contributed by atoms with E-state index in [-0.39, 0.29) is 6.71 Å². The second-order valence-corrected chi connectivity index (χ2v) is 15.7. The fourth-order valence-electron chi connectivity index (χ4n) is 8.04. The van der Waals surface area contributed by atoms with E-state index in [4.69, 9.17) is 0 Å². The average Bonchev–Trinajstić information content (AvgIpc) is 3.33. The molecule has 1 aliphatic heterocycles. The summed E-state index contributed by atoms with van der Waals surface area (Å²) in [6.45, 7) is 23.3. The zero-order valence-corrected chi connectivity index (χ0v) is 30.0. The molecule has 0 atom stereocenters. The summed E-state index contributed by atoms with van der Waals surface area (Å²) in [5, 5.41) is 2.70. The van der Waals surface area contributed by atoms with E-state index in [2.05, 4.69) is 153 Å². The molecule has 2 heterocycles. The molecular formula is C43H46BNS. The molecule has 3 heteroatoms. The van der Waals surface area contributed by atoms with Crippen LogP contribution in [0.2, 0.25) is 0 Å². The lowest BCUT2D eigenvalue weighted by Crippen LogP contribution is -2.57. The summed E-state index contributed by atoms with van der Waals surface area (Å²) >= 11 is 1.94. The Kier molecular flexibility index (Phi) is 7.76. The highest BCUT2D eigenvalue weighted by Gasteiger charge is 2.36. The van der Waals surface area contributed by atoms with Gasteiger partial charge in [-0.1, -0.05) is 129 Å². The van der Waals surface area contributed by atoms with Crippen molar-refractivity contribution in [1.82, 2.24) is 4.57 Å². The van der Waals surface area contributed by atoms with Gasteiger partial charge < -0.3 is 4.57 Å². The third kappa shape index (κ3) is 4.94. The molecule has 232 valence electrons. The van der Waals surface area contributed by atoms with Crippen LogP contribution in [0.25, 0.3) is 27.5 Å². The second-order valence-electron chi connectivity index (χ2n) is 14.7. The SMILES string of the molecule is Cc1cc(C)c2c(c1)c1cc(C)cc(C)c1n2-c1ccc2c(c1)Sc1ccccc1B2c1c(C(C)C)cc(C(C)C)cc1C(C)C. The Labute approximate surface area is 280 Å². The molecule has 0 N–H and O–H groups in total. The van der Waals surface area contributed by atoms with E-state index in [1.807, 2.05) is 11.8 Å². The molecular weight excluding hydrogens is 573 g/mol. The molecule has 0 spiro atoms. The number of hydrogen-bond acceptors (Lipinski definition) is 1. The molecule has 0 amide bonds. The predicted molar refractivity (Wildman–Crippen MR) is 204 cm³/mol. The van der Waals surface area contributed by atoms with Gasteiger partial charge in [0.1, 0.15) is 0 Å². The minimum Gasteiger partial charge on any atom is -0.309 e. The smallest absolute Gasteiger partial charge is 0.244 e. The minimum absolute atomic E-state index is 0.199. The van der Waals surface area contributed by atoms with Crippen LogP contribution in [0, 0.1) is 27.7 Å². The Bertz CT molecular complexity index is 2070. The molecule has 0 bridgehead atoms. The van der Waals surface area contributed by atoms with Crippen molar-refractivity contribution in [3.63, 3.8) is 0 Å². The van der Waals surface area contributed by atoms with Gasteiger partial charge in [0.2, 0.25) is 6.71 Å². The number of aromatic nitrogens is 1. The molecule has 7 rings (SSSR count). The number of hydrogen-bond donors (Lipinski definition) is 0. The topological polar surface area (TPSA) is 4.93 Å². The Morgan fingerprint density at radius 1 is 0.565 bits per heavy atom. The zero-order chi connectivity index (χ0) is 32.6. The van der Waals surface area contributed by atoms with Crippen LogP contribution in [0.1, 0.15) is 98.2 Å². The van der Waals surface area contributed by atoms with Crippen molar-refractivity contribution in [2.75, 3.05) is 0 Å². The molecule has 46 heavy (non-hydrogen) atoms. The quantitative estimate of drug-likeness (QED) is 0.174. The summed E-state index contributed by atoms with van der Waals surface area (Å²) in [7, 11) is 0. The van der Waals surface area contributed by atoms with E-state index in [1.54, 1.807) is 0 Å². The molecule has 0 fully saturated rings. The van der Waals surface area contributed by atoms with Crippen LogP contribution in [-0.2, 0) is 0 Å². The van der Waals surface area contributed by atoms with Crippen molar-refractivity contribution in [3.8, 4) is 5.69 Å². The maximum atomic E-state index is 2.54. The van der Waals surface area contributed by atoms with E-state index in [0.717, 1.165) is 0 Å². The normalized spacial score (nSPS) is 13.0. The van der Waals surface area contributed by atoms with Crippen LogP contribution >= 0.6 is 11.8 Å².